The van der Waals surface area contributed by atoms with Crippen molar-refractivity contribution in [1.82, 2.24) is 0 Å². The largest absolute Gasteiger partial charge is 0.456 e. The number of benzene rings is 8. The van der Waals surface area contributed by atoms with Crippen molar-refractivity contribution in [3.63, 3.8) is 0 Å². The van der Waals surface area contributed by atoms with Gasteiger partial charge in [-0.2, -0.15) is 0 Å². The number of nitrogens with zero attached hydrogens (tertiary/aromatic N) is 1. The van der Waals surface area contributed by atoms with Gasteiger partial charge in [0.2, 0.25) is 0 Å². The molecule has 0 aliphatic carbocycles. The lowest BCUT2D eigenvalue weighted by Crippen LogP contribution is -2.11. The predicted octanol–water partition coefficient (Wildman–Crippen LogP) is 14.2. The molecule has 0 saturated carbocycles. The first-order valence-corrected chi connectivity index (χ1v) is 17.5. The fraction of sp³-hybridized carbons (Fsp3) is 0. The van der Waals surface area contributed by atoms with E-state index < -0.39 is 0 Å². The van der Waals surface area contributed by atoms with E-state index in [1.165, 1.54) is 0 Å². The normalized spacial score (nSPS) is 11.8. The van der Waals surface area contributed by atoms with E-state index in [1.807, 2.05) is 36.4 Å². The fourth-order valence-corrected chi connectivity index (χ4v) is 7.88. The average molecular weight is 668 g/mol. The molecule has 0 bridgehead atoms. The summed E-state index contributed by atoms with van der Waals surface area (Å²) in [6.45, 7) is 0. The van der Waals surface area contributed by atoms with Crippen LogP contribution in [0.25, 0.3) is 88.1 Å². The number of para-hydroxylation sites is 3. The van der Waals surface area contributed by atoms with Crippen molar-refractivity contribution in [3.8, 4) is 22.3 Å². The van der Waals surface area contributed by atoms with Gasteiger partial charge in [0.1, 0.15) is 33.5 Å². The minimum absolute atomic E-state index is 0.854. The Kier molecular flexibility index (Phi) is 6.22. The first kappa shape index (κ1) is 28.8. The van der Waals surface area contributed by atoms with Gasteiger partial charge in [-0.1, -0.05) is 103 Å². The highest BCUT2D eigenvalue weighted by Crippen LogP contribution is 2.44. The van der Waals surface area contributed by atoms with Crippen molar-refractivity contribution in [3.05, 3.63) is 176 Å². The SMILES string of the molecule is c1ccc(-c2ccccc2N(c2ccc(-c3ccc4c(c3)oc3ccc5oc6ccccc6c5c34)cc2)c2ccc3c(c2)oc2ccccc23)cc1. The lowest BCUT2D eigenvalue weighted by atomic mass is 10.00. The topological polar surface area (TPSA) is 42.7 Å². The summed E-state index contributed by atoms with van der Waals surface area (Å²) in [4.78, 5) is 2.32. The highest BCUT2D eigenvalue weighted by Gasteiger charge is 2.20. The summed E-state index contributed by atoms with van der Waals surface area (Å²) in [5.74, 6) is 0. The van der Waals surface area contributed by atoms with Crippen LogP contribution in [0, 0.1) is 0 Å². The maximum atomic E-state index is 6.47. The zero-order valence-corrected chi connectivity index (χ0v) is 27.9. The van der Waals surface area contributed by atoms with E-state index in [0.717, 1.165) is 105 Å². The summed E-state index contributed by atoms with van der Waals surface area (Å²) >= 11 is 0. The lowest BCUT2D eigenvalue weighted by Gasteiger charge is -2.28. The molecule has 11 rings (SSSR count). The minimum Gasteiger partial charge on any atom is -0.456 e. The summed E-state index contributed by atoms with van der Waals surface area (Å²) in [5.41, 5.74) is 12.9. The second-order valence-electron chi connectivity index (χ2n) is 13.3. The van der Waals surface area contributed by atoms with Crippen LogP contribution in [0.3, 0.4) is 0 Å². The number of fused-ring (bicyclic) bond motifs is 10. The van der Waals surface area contributed by atoms with Gasteiger partial charge in [0.05, 0.1) is 5.69 Å². The molecule has 0 atom stereocenters. The molecule has 0 radical (unpaired) electrons. The molecule has 4 nitrogen and oxygen atoms in total. The van der Waals surface area contributed by atoms with Crippen molar-refractivity contribution in [1.29, 1.82) is 0 Å². The van der Waals surface area contributed by atoms with E-state index in [4.69, 9.17) is 13.3 Å². The molecule has 0 aliphatic heterocycles. The minimum atomic E-state index is 0.854. The predicted molar refractivity (Wildman–Crippen MR) is 214 cm³/mol. The van der Waals surface area contributed by atoms with Crippen LogP contribution in [0.2, 0.25) is 0 Å². The van der Waals surface area contributed by atoms with Crippen LogP contribution >= 0.6 is 0 Å². The quantitative estimate of drug-likeness (QED) is 0.183. The van der Waals surface area contributed by atoms with Gasteiger partial charge >= 0.3 is 0 Å². The molecule has 0 fully saturated rings. The van der Waals surface area contributed by atoms with Gasteiger partial charge < -0.3 is 18.2 Å². The zero-order chi connectivity index (χ0) is 34.2. The van der Waals surface area contributed by atoms with Crippen molar-refractivity contribution in [2.75, 3.05) is 4.90 Å². The van der Waals surface area contributed by atoms with Crippen molar-refractivity contribution < 1.29 is 13.3 Å². The van der Waals surface area contributed by atoms with Crippen LogP contribution in [-0.2, 0) is 0 Å². The summed E-state index contributed by atoms with van der Waals surface area (Å²) in [6.07, 6.45) is 0. The Morgan fingerprint density at radius 3 is 1.65 bits per heavy atom. The van der Waals surface area contributed by atoms with Gasteiger partial charge in [0, 0.05) is 55.3 Å². The van der Waals surface area contributed by atoms with E-state index in [9.17, 15) is 0 Å². The van der Waals surface area contributed by atoms with Crippen LogP contribution < -0.4 is 4.90 Å². The number of furan rings is 3. The maximum Gasteiger partial charge on any atom is 0.137 e. The summed E-state index contributed by atoms with van der Waals surface area (Å²) in [5, 5.41) is 6.59. The van der Waals surface area contributed by atoms with Crippen LogP contribution in [-0.4, -0.2) is 0 Å². The Hall–Kier alpha value is -7.04. The van der Waals surface area contributed by atoms with Crippen LogP contribution in [0.1, 0.15) is 0 Å². The second kappa shape index (κ2) is 11.2. The lowest BCUT2D eigenvalue weighted by molar-refractivity contribution is 0.663. The molecule has 244 valence electrons. The van der Waals surface area contributed by atoms with Gasteiger partial charge in [0.25, 0.3) is 0 Å². The van der Waals surface area contributed by atoms with Gasteiger partial charge in [-0.25, -0.2) is 0 Å². The molecule has 11 aromatic rings. The maximum absolute atomic E-state index is 6.47. The van der Waals surface area contributed by atoms with E-state index >= 15 is 0 Å². The first-order valence-electron chi connectivity index (χ1n) is 17.5. The first-order chi connectivity index (χ1) is 25.8. The van der Waals surface area contributed by atoms with Crippen LogP contribution in [0.5, 0.6) is 0 Å². The molecular weight excluding hydrogens is 639 g/mol. The van der Waals surface area contributed by atoms with E-state index in [-0.39, 0.29) is 0 Å². The molecule has 8 aromatic carbocycles. The third-order valence-corrected chi connectivity index (χ3v) is 10.3. The Morgan fingerprint density at radius 1 is 0.308 bits per heavy atom. The summed E-state index contributed by atoms with van der Waals surface area (Å²) in [6, 6.07) is 61.4. The van der Waals surface area contributed by atoms with E-state index in [1.54, 1.807) is 0 Å². The average Bonchev–Trinajstić information content (AvgIpc) is 3.89. The molecule has 0 aliphatic rings. The Balaban J connectivity index is 1.04. The standard InChI is InChI=1S/C48H29NO3/c1-2-10-31(11-3-1)35-12-4-7-15-40(35)49(34-23-25-37-36-13-5-8-16-41(36)51-46(37)29-34)33-21-18-30(19-22-33)32-20-24-39-45(28-32)52-44-27-26-43-47(48(39)44)38-14-6-9-17-42(38)50-43/h1-29H. The smallest absolute Gasteiger partial charge is 0.137 e. The van der Waals surface area contributed by atoms with Crippen molar-refractivity contribution in [2.45, 2.75) is 0 Å². The molecule has 0 unspecified atom stereocenters. The van der Waals surface area contributed by atoms with E-state index in [2.05, 4.69) is 144 Å². The number of hydrogen-bond acceptors (Lipinski definition) is 4. The summed E-state index contributed by atoms with van der Waals surface area (Å²) in [7, 11) is 0. The number of hydrogen-bond donors (Lipinski definition) is 0. The third kappa shape index (κ3) is 4.41. The van der Waals surface area contributed by atoms with Crippen molar-refractivity contribution >= 4 is 82.9 Å². The fourth-order valence-electron chi connectivity index (χ4n) is 7.88. The molecular formula is C48H29NO3. The molecule has 3 aromatic heterocycles. The van der Waals surface area contributed by atoms with Gasteiger partial charge in [-0.15, -0.1) is 0 Å². The van der Waals surface area contributed by atoms with Gasteiger partial charge in [-0.3, -0.25) is 0 Å². The monoisotopic (exact) mass is 667 g/mol. The highest BCUT2D eigenvalue weighted by molar-refractivity contribution is 6.25. The zero-order valence-electron chi connectivity index (χ0n) is 27.9. The van der Waals surface area contributed by atoms with Crippen LogP contribution in [0.4, 0.5) is 17.1 Å². The molecule has 4 heteroatoms. The molecule has 0 spiro atoms. The Morgan fingerprint density at radius 2 is 0.846 bits per heavy atom. The number of anilines is 3. The van der Waals surface area contributed by atoms with Gasteiger partial charge in [-0.05, 0) is 83.4 Å². The third-order valence-electron chi connectivity index (χ3n) is 10.3. The molecule has 0 N–H and O–H groups in total. The highest BCUT2D eigenvalue weighted by atomic mass is 16.3. The molecule has 0 amide bonds. The Bertz CT molecular complexity index is 3130. The summed E-state index contributed by atoms with van der Waals surface area (Å²) < 4.78 is 19.0. The van der Waals surface area contributed by atoms with Crippen LogP contribution in [0.15, 0.2) is 189 Å². The van der Waals surface area contributed by atoms with Gasteiger partial charge in [0.15, 0.2) is 0 Å². The van der Waals surface area contributed by atoms with E-state index in [0.29, 0.717) is 0 Å². The second-order valence-corrected chi connectivity index (χ2v) is 13.3. The molecule has 0 saturated heterocycles. The molecule has 3 heterocycles. The molecule has 52 heavy (non-hydrogen) atoms. The Labute approximate surface area is 298 Å². The van der Waals surface area contributed by atoms with Crippen molar-refractivity contribution in [2.24, 2.45) is 0 Å². The number of rotatable bonds is 5.